The molecule has 0 spiro atoms. The summed E-state index contributed by atoms with van der Waals surface area (Å²) < 4.78 is -0.478. The predicted octanol–water partition coefficient (Wildman–Crippen LogP) is 3.47. The Kier molecular flexibility index (Phi) is 3.11. The lowest BCUT2D eigenvalue weighted by atomic mass is 9.90. The molecule has 0 N–H and O–H groups in total. The molecule has 0 aliphatic rings. The number of alkyl halides is 1. The zero-order chi connectivity index (χ0) is 9.90. The van der Waals surface area contributed by atoms with Gasteiger partial charge in [-0.3, -0.25) is 0 Å². The standard InChI is InChI=1S/C11H12BrN/c1-9(11(2,12)8-13)10-6-4-3-5-7-10/h3-7,9H,1-2H3. The van der Waals surface area contributed by atoms with Crippen LogP contribution in [-0.4, -0.2) is 4.32 Å². The molecule has 0 saturated heterocycles. The Labute approximate surface area is 87.5 Å². The monoisotopic (exact) mass is 237 g/mol. The van der Waals surface area contributed by atoms with Gasteiger partial charge in [-0.1, -0.05) is 53.2 Å². The Morgan fingerprint density at radius 2 is 1.92 bits per heavy atom. The van der Waals surface area contributed by atoms with Crippen LogP contribution in [-0.2, 0) is 0 Å². The van der Waals surface area contributed by atoms with Crippen molar-refractivity contribution in [1.82, 2.24) is 0 Å². The van der Waals surface area contributed by atoms with Crippen molar-refractivity contribution in [3.63, 3.8) is 0 Å². The van der Waals surface area contributed by atoms with E-state index in [4.69, 9.17) is 5.26 Å². The van der Waals surface area contributed by atoms with Crippen molar-refractivity contribution in [2.75, 3.05) is 0 Å². The summed E-state index contributed by atoms with van der Waals surface area (Å²) in [5.41, 5.74) is 1.18. The van der Waals surface area contributed by atoms with Crippen LogP contribution >= 0.6 is 15.9 Å². The van der Waals surface area contributed by atoms with Crippen LogP contribution in [0.5, 0.6) is 0 Å². The second kappa shape index (κ2) is 3.93. The topological polar surface area (TPSA) is 23.8 Å². The lowest BCUT2D eigenvalue weighted by molar-refractivity contribution is 0.662. The molecule has 0 heterocycles. The SMILES string of the molecule is CC(c1ccccc1)C(C)(Br)C#N. The molecule has 1 rings (SSSR count). The summed E-state index contributed by atoms with van der Waals surface area (Å²) in [6.07, 6.45) is 0. The Bertz CT molecular complexity index is 311. The Morgan fingerprint density at radius 1 is 1.38 bits per heavy atom. The molecule has 0 aliphatic heterocycles. The molecule has 0 saturated carbocycles. The quantitative estimate of drug-likeness (QED) is 0.723. The van der Waals surface area contributed by atoms with Crippen LogP contribution in [0.4, 0.5) is 0 Å². The number of rotatable bonds is 2. The molecule has 0 bridgehead atoms. The maximum Gasteiger partial charge on any atom is 0.116 e. The van der Waals surface area contributed by atoms with Crippen molar-refractivity contribution < 1.29 is 0 Å². The Morgan fingerprint density at radius 3 is 2.38 bits per heavy atom. The highest BCUT2D eigenvalue weighted by Crippen LogP contribution is 2.34. The van der Waals surface area contributed by atoms with Gasteiger partial charge in [0, 0.05) is 5.92 Å². The summed E-state index contributed by atoms with van der Waals surface area (Å²) >= 11 is 3.42. The van der Waals surface area contributed by atoms with Crippen molar-refractivity contribution >= 4 is 15.9 Å². The molecule has 2 heteroatoms. The molecule has 0 aliphatic carbocycles. The number of benzene rings is 1. The summed E-state index contributed by atoms with van der Waals surface area (Å²) in [4.78, 5) is 0. The van der Waals surface area contributed by atoms with E-state index in [0.29, 0.717) is 0 Å². The fraction of sp³-hybridized carbons (Fsp3) is 0.364. The largest absolute Gasteiger partial charge is 0.197 e. The smallest absolute Gasteiger partial charge is 0.116 e. The van der Waals surface area contributed by atoms with Crippen LogP contribution in [0.25, 0.3) is 0 Å². The maximum absolute atomic E-state index is 8.93. The zero-order valence-corrected chi connectivity index (χ0v) is 9.38. The third-order valence-corrected chi connectivity index (χ3v) is 3.20. The van der Waals surface area contributed by atoms with E-state index in [0.717, 1.165) is 0 Å². The lowest BCUT2D eigenvalue weighted by Gasteiger charge is -2.22. The molecule has 1 nitrogen and oxygen atoms in total. The minimum Gasteiger partial charge on any atom is -0.197 e. The fourth-order valence-electron chi connectivity index (χ4n) is 1.15. The minimum atomic E-state index is -0.478. The maximum atomic E-state index is 8.93. The van der Waals surface area contributed by atoms with Crippen molar-refractivity contribution in [3.05, 3.63) is 35.9 Å². The predicted molar refractivity (Wildman–Crippen MR) is 57.8 cm³/mol. The molecule has 0 aromatic heterocycles. The highest BCUT2D eigenvalue weighted by molar-refractivity contribution is 9.10. The van der Waals surface area contributed by atoms with Crippen LogP contribution < -0.4 is 0 Å². The summed E-state index contributed by atoms with van der Waals surface area (Å²) in [5.74, 6) is 0.193. The summed E-state index contributed by atoms with van der Waals surface area (Å²) in [6, 6.07) is 12.3. The number of nitriles is 1. The van der Waals surface area contributed by atoms with Gasteiger partial charge in [0.15, 0.2) is 0 Å². The van der Waals surface area contributed by atoms with Gasteiger partial charge in [-0.25, -0.2) is 0 Å². The molecule has 13 heavy (non-hydrogen) atoms. The van der Waals surface area contributed by atoms with Gasteiger partial charge in [0.2, 0.25) is 0 Å². The van der Waals surface area contributed by atoms with Crippen LogP contribution in [0.1, 0.15) is 25.3 Å². The molecule has 0 amide bonds. The number of hydrogen-bond donors (Lipinski definition) is 0. The highest BCUT2D eigenvalue weighted by Gasteiger charge is 2.28. The molecule has 1 aromatic rings. The molecular formula is C11H12BrN. The highest BCUT2D eigenvalue weighted by atomic mass is 79.9. The van der Waals surface area contributed by atoms with Gasteiger partial charge in [0.05, 0.1) is 6.07 Å². The third-order valence-electron chi connectivity index (χ3n) is 2.33. The van der Waals surface area contributed by atoms with Crippen LogP contribution in [0.15, 0.2) is 30.3 Å². The summed E-state index contributed by atoms with van der Waals surface area (Å²) in [7, 11) is 0. The normalized spacial score (nSPS) is 17.1. The first-order valence-corrected chi connectivity index (χ1v) is 5.02. The zero-order valence-electron chi connectivity index (χ0n) is 7.79. The van der Waals surface area contributed by atoms with E-state index in [1.54, 1.807) is 0 Å². The van der Waals surface area contributed by atoms with Gasteiger partial charge in [-0.15, -0.1) is 0 Å². The second-order valence-electron chi connectivity index (χ2n) is 3.32. The summed E-state index contributed by atoms with van der Waals surface area (Å²) in [5, 5.41) is 8.93. The van der Waals surface area contributed by atoms with E-state index >= 15 is 0 Å². The van der Waals surface area contributed by atoms with E-state index in [9.17, 15) is 0 Å². The molecule has 1 aromatic carbocycles. The van der Waals surface area contributed by atoms with Crippen molar-refractivity contribution in [3.8, 4) is 6.07 Å². The van der Waals surface area contributed by atoms with Gasteiger partial charge in [0.1, 0.15) is 4.32 Å². The second-order valence-corrected chi connectivity index (χ2v) is 4.97. The minimum absolute atomic E-state index is 0.193. The van der Waals surface area contributed by atoms with E-state index < -0.39 is 4.32 Å². The molecule has 0 radical (unpaired) electrons. The first-order chi connectivity index (χ1) is 6.08. The van der Waals surface area contributed by atoms with Gasteiger partial charge >= 0.3 is 0 Å². The molecule has 2 unspecified atom stereocenters. The fourth-order valence-corrected chi connectivity index (χ4v) is 1.42. The first kappa shape index (κ1) is 10.3. The number of hydrogen-bond acceptors (Lipinski definition) is 1. The van der Waals surface area contributed by atoms with Crippen LogP contribution in [0.2, 0.25) is 0 Å². The van der Waals surface area contributed by atoms with E-state index in [1.807, 2.05) is 44.2 Å². The average Bonchev–Trinajstić information content (AvgIpc) is 2.18. The van der Waals surface area contributed by atoms with E-state index in [1.165, 1.54) is 5.56 Å². The van der Waals surface area contributed by atoms with E-state index in [-0.39, 0.29) is 5.92 Å². The molecule has 2 atom stereocenters. The van der Waals surface area contributed by atoms with Crippen molar-refractivity contribution in [1.29, 1.82) is 5.26 Å². The average molecular weight is 238 g/mol. The first-order valence-electron chi connectivity index (χ1n) is 4.23. The molecular weight excluding hydrogens is 226 g/mol. The van der Waals surface area contributed by atoms with Gasteiger partial charge in [-0.2, -0.15) is 5.26 Å². The lowest BCUT2D eigenvalue weighted by Crippen LogP contribution is -2.21. The van der Waals surface area contributed by atoms with Gasteiger partial charge in [0.25, 0.3) is 0 Å². The summed E-state index contributed by atoms with van der Waals surface area (Å²) in [6.45, 7) is 3.94. The van der Waals surface area contributed by atoms with Crippen molar-refractivity contribution in [2.24, 2.45) is 0 Å². The van der Waals surface area contributed by atoms with Crippen LogP contribution in [0, 0.1) is 11.3 Å². The van der Waals surface area contributed by atoms with Gasteiger partial charge < -0.3 is 0 Å². The third kappa shape index (κ3) is 2.32. The Hall–Kier alpha value is -0.810. The van der Waals surface area contributed by atoms with Crippen LogP contribution in [0.3, 0.4) is 0 Å². The van der Waals surface area contributed by atoms with Gasteiger partial charge in [-0.05, 0) is 12.5 Å². The van der Waals surface area contributed by atoms with Crippen molar-refractivity contribution in [2.45, 2.75) is 24.1 Å². The number of nitrogens with zero attached hydrogens (tertiary/aromatic N) is 1. The molecule has 68 valence electrons. The molecule has 0 fully saturated rings. The van der Waals surface area contributed by atoms with E-state index in [2.05, 4.69) is 22.0 Å². The number of halogens is 1. The Balaban J connectivity index is 2.94.